The van der Waals surface area contributed by atoms with E-state index < -0.39 is 5.41 Å². The third-order valence-corrected chi connectivity index (χ3v) is 14.6. The fraction of sp³-hybridized carbons (Fsp3) is 0.0164. The predicted molar refractivity (Wildman–Crippen MR) is 272 cm³/mol. The quantitative estimate of drug-likeness (QED) is 0.176. The third-order valence-electron chi connectivity index (χ3n) is 14.6. The Hall–Kier alpha value is -9.76. The van der Waals surface area contributed by atoms with Crippen molar-refractivity contribution in [3.05, 3.63) is 234 Å². The summed E-state index contributed by atoms with van der Waals surface area (Å²) in [5.41, 5.74) is 14.7. The van der Waals surface area contributed by atoms with Crippen molar-refractivity contribution in [1.29, 1.82) is 10.5 Å². The van der Waals surface area contributed by atoms with Crippen LogP contribution in [0.4, 0.5) is 0 Å². The Labute approximate surface area is 394 Å². The third kappa shape index (κ3) is 4.83. The van der Waals surface area contributed by atoms with Crippen molar-refractivity contribution in [2.45, 2.75) is 5.41 Å². The fourth-order valence-corrected chi connectivity index (χ4v) is 11.9. The van der Waals surface area contributed by atoms with Crippen molar-refractivity contribution >= 4 is 65.4 Å². The standard InChI is InChI=1S/C61H33N7O/c62-33-36-22-26-53-44(29-36)42-13-3-7-18-51(42)67(53)39-31-48-60(65-35-39)59-47(15-10-28-64-59)61(48)46-25-24-38(66-49-16-5-1-11-40(49)41-12-2-6-17-50(41)66)32-57(46)69-56-21-9-20-55(58(56)61)68-52-19-8-4-14-43(52)45-30-37(34-63)23-27-54(45)68/h1-32,35H. The van der Waals surface area contributed by atoms with Crippen LogP contribution in [0, 0.1) is 22.7 Å². The van der Waals surface area contributed by atoms with Gasteiger partial charge >= 0.3 is 0 Å². The molecule has 8 heteroatoms. The average molecular weight is 880 g/mol. The van der Waals surface area contributed by atoms with Crippen LogP contribution in [0.3, 0.4) is 0 Å². The molecule has 0 fully saturated rings. The molecule has 1 unspecified atom stereocenters. The number of nitrogens with zero attached hydrogens (tertiary/aromatic N) is 7. The summed E-state index contributed by atoms with van der Waals surface area (Å²) in [5, 5.41) is 26.5. The first-order valence-electron chi connectivity index (χ1n) is 22.9. The van der Waals surface area contributed by atoms with Crippen molar-refractivity contribution in [3.63, 3.8) is 0 Å². The lowest BCUT2D eigenvalue weighted by Crippen LogP contribution is -2.34. The lowest BCUT2D eigenvalue weighted by molar-refractivity contribution is 0.435. The minimum Gasteiger partial charge on any atom is -0.457 e. The molecule has 0 radical (unpaired) electrons. The molecular weight excluding hydrogens is 847 g/mol. The lowest BCUT2D eigenvalue weighted by atomic mass is 9.65. The lowest BCUT2D eigenvalue weighted by Gasteiger charge is -2.40. The summed E-state index contributed by atoms with van der Waals surface area (Å²) in [7, 11) is 0. The number of hydrogen-bond donors (Lipinski definition) is 0. The molecule has 8 aromatic carbocycles. The summed E-state index contributed by atoms with van der Waals surface area (Å²) in [4.78, 5) is 10.6. The first kappa shape index (κ1) is 37.5. The molecular formula is C61H33N7O. The summed E-state index contributed by atoms with van der Waals surface area (Å²) in [5.74, 6) is 1.45. The normalized spacial score (nSPS) is 14.5. The molecule has 69 heavy (non-hydrogen) atoms. The summed E-state index contributed by atoms with van der Waals surface area (Å²) < 4.78 is 14.3. The van der Waals surface area contributed by atoms with E-state index in [1.165, 1.54) is 10.8 Å². The van der Waals surface area contributed by atoms with E-state index in [2.05, 4.69) is 171 Å². The van der Waals surface area contributed by atoms with E-state index in [4.69, 9.17) is 14.7 Å². The topological polar surface area (TPSA) is 97.4 Å². The zero-order valence-corrected chi connectivity index (χ0v) is 36.6. The number of benzene rings is 8. The van der Waals surface area contributed by atoms with Gasteiger partial charge in [0.2, 0.25) is 0 Å². The minimum atomic E-state index is -1.00. The van der Waals surface area contributed by atoms with E-state index in [1.807, 2.05) is 54.9 Å². The van der Waals surface area contributed by atoms with Crippen LogP contribution in [0.1, 0.15) is 33.4 Å². The predicted octanol–water partition coefficient (Wildman–Crippen LogP) is 14.0. The van der Waals surface area contributed by atoms with Crippen LogP contribution in [-0.4, -0.2) is 23.7 Å². The van der Waals surface area contributed by atoms with Crippen molar-refractivity contribution in [2.24, 2.45) is 0 Å². The van der Waals surface area contributed by atoms with Gasteiger partial charge in [0.05, 0.1) is 90.7 Å². The summed E-state index contributed by atoms with van der Waals surface area (Å²) in [6.45, 7) is 0. The van der Waals surface area contributed by atoms with Gasteiger partial charge < -0.3 is 18.4 Å². The SMILES string of the molecule is N#Cc1ccc2c(c1)c1ccccc1n2-c1cnc2c(c1)C1(c3ccc(-n4c5ccccc5c5ccccc54)cc3Oc3cccc(-n4c5ccccc5c5cc(C#N)ccc54)c31)c1cccnc1-2. The van der Waals surface area contributed by atoms with E-state index in [1.54, 1.807) is 0 Å². The van der Waals surface area contributed by atoms with Gasteiger partial charge in [-0.15, -0.1) is 0 Å². The molecule has 1 spiro atoms. The smallest absolute Gasteiger partial charge is 0.134 e. The number of para-hydroxylation sites is 4. The Morgan fingerprint density at radius 2 is 0.957 bits per heavy atom. The maximum atomic E-state index is 10.1. The molecule has 1 aliphatic heterocycles. The molecule has 0 N–H and O–H groups in total. The molecule has 1 aliphatic carbocycles. The Morgan fingerprint density at radius 3 is 1.59 bits per heavy atom. The highest BCUT2D eigenvalue weighted by Gasteiger charge is 2.54. The maximum Gasteiger partial charge on any atom is 0.134 e. The zero-order chi connectivity index (χ0) is 45.5. The van der Waals surface area contributed by atoms with Gasteiger partial charge in [0.15, 0.2) is 0 Å². The number of aromatic nitrogens is 5. The molecule has 8 nitrogen and oxygen atoms in total. The van der Waals surface area contributed by atoms with E-state index >= 15 is 0 Å². The molecule has 1 atom stereocenters. The van der Waals surface area contributed by atoms with Gasteiger partial charge in [-0.1, -0.05) is 91.0 Å². The van der Waals surface area contributed by atoms with Crippen LogP contribution in [0.5, 0.6) is 11.5 Å². The highest BCUT2D eigenvalue weighted by Crippen LogP contribution is 2.63. The van der Waals surface area contributed by atoms with E-state index in [9.17, 15) is 10.5 Å². The van der Waals surface area contributed by atoms with Gasteiger partial charge in [0.25, 0.3) is 0 Å². The Balaban J connectivity index is 1.08. The first-order valence-corrected chi connectivity index (χ1v) is 22.9. The summed E-state index contributed by atoms with van der Waals surface area (Å²) >= 11 is 0. The van der Waals surface area contributed by atoms with E-state index in [-0.39, 0.29) is 0 Å². The van der Waals surface area contributed by atoms with Crippen LogP contribution in [-0.2, 0) is 5.41 Å². The number of ether oxygens (including phenoxy) is 1. The molecule has 0 bridgehead atoms. The Bertz CT molecular complexity index is 4470. The number of rotatable bonds is 3. The van der Waals surface area contributed by atoms with Gasteiger partial charge in [-0.3, -0.25) is 9.97 Å². The molecule has 2 aliphatic rings. The highest BCUT2D eigenvalue weighted by molar-refractivity contribution is 6.12. The van der Waals surface area contributed by atoms with Crippen LogP contribution >= 0.6 is 0 Å². The molecule has 6 heterocycles. The van der Waals surface area contributed by atoms with Crippen molar-refractivity contribution in [1.82, 2.24) is 23.7 Å². The van der Waals surface area contributed by atoms with E-state index in [0.29, 0.717) is 16.9 Å². The summed E-state index contributed by atoms with van der Waals surface area (Å²) in [6, 6.07) is 70.1. The average Bonchev–Trinajstić information content (AvgIpc) is 4.12. The van der Waals surface area contributed by atoms with Crippen molar-refractivity contribution < 1.29 is 4.74 Å². The second-order valence-corrected chi connectivity index (χ2v) is 17.9. The highest BCUT2D eigenvalue weighted by atomic mass is 16.5. The molecule has 0 saturated carbocycles. The number of hydrogen-bond acceptors (Lipinski definition) is 5. The van der Waals surface area contributed by atoms with E-state index in [0.717, 1.165) is 111 Å². The second-order valence-electron chi connectivity index (χ2n) is 17.9. The van der Waals surface area contributed by atoms with Gasteiger partial charge in [-0.25, -0.2) is 0 Å². The Morgan fingerprint density at radius 1 is 0.406 bits per heavy atom. The zero-order valence-electron chi connectivity index (χ0n) is 36.6. The van der Waals surface area contributed by atoms with Gasteiger partial charge in [-0.05, 0) is 96.6 Å². The summed E-state index contributed by atoms with van der Waals surface area (Å²) in [6.07, 6.45) is 3.81. The molecule has 318 valence electrons. The monoisotopic (exact) mass is 879 g/mol. The molecule has 13 aromatic rings. The Kier molecular flexibility index (Phi) is 7.41. The van der Waals surface area contributed by atoms with Crippen molar-refractivity contribution in [3.8, 4) is 52.1 Å². The van der Waals surface area contributed by atoms with Gasteiger partial charge in [0.1, 0.15) is 11.5 Å². The first-order chi connectivity index (χ1) is 34.1. The van der Waals surface area contributed by atoms with Crippen LogP contribution in [0.25, 0.3) is 93.9 Å². The van der Waals surface area contributed by atoms with Gasteiger partial charge in [-0.2, -0.15) is 10.5 Å². The largest absolute Gasteiger partial charge is 0.457 e. The number of nitriles is 2. The second kappa shape index (κ2) is 13.6. The number of pyridine rings is 2. The minimum absolute atomic E-state index is 0.602. The van der Waals surface area contributed by atoms with Crippen LogP contribution in [0.15, 0.2) is 200 Å². The van der Waals surface area contributed by atoms with Gasteiger partial charge in [0, 0.05) is 67.0 Å². The maximum absolute atomic E-state index is 10.1. The molecule has 5 aromatic heterocycles. The van der Waals surface area contributed by atoms with Crippen LogP contribution in [0.2, 0.25) is 0 Å². The molecule has 15 rings (SSSR count). The van der Waals surface area contributed by atoms with Crippen molar-refractivity contribution in [2.75, 3.05) is 0 Å². The number of fused-ring (bicyclic) bond motifs is 18. The molecule has 0 amide bonds. The fourth-order valence-electron chi connectivity index (χ4n) is 11.9. The van der Waals surface area contributed by atoms with Crippen LogP contribution < -0.4 is 4.74 Å². The molecule has 0 saturated heterocycles.